The fourth-order valence-electron chi connectivity index (χ4n) is 2.18. The van der Waals surface area contributed by atoms with Crippen LogP contribution in [0.15, 0.2) is 67.3 Å². The molecule has 2 heteroatoms. The minimum Gasteiger partial charge on any atom is -0.344 e. The minimum atomic E-state index is 0.685. The first-order chi connectivity index (χ1) is 11.7. The van der Waals surface area contributed by atoms with Crippen LogP contribution in [0.25, 0.3) is 17.0 Å². The second-order valence-electron chi connectivity index (χ2n) is 4.80. The summed E-state index contributed by atoms with van der Waals surface area (Å²) in [7, 11) is 2.05. The number of hydrogen-bond acceptors (Lipinski definition) is 0. The van der Waals surface area contributed by atoms with Crippen LogP contribution < -0.4 is 0 Å². The molecule has 0 spiro atoms. The highest BCUT2D eigenvalue weighted by Crippen LogP contribution is 2.23. The number of nitrogens with zero attached hydrogens (tertiary/aromatic N) is 1. The van der Waals surface area contributed by atoms with Gasteiger partial charge in [0.05, 0.1) is 0 Å². The molecule has 0 fully saturated rings. The molecule has 0 bridgehead atoms. The number of aromatic nitrogens is 1. The standard InChI is InChI=1S/C20H18ClN.C2H6/c1-4-9-16(5-2)10-7-6-8-11-19-15-17-14-18(21)12-13-20(17)22(19)3;1-2/h4-5,8-9,11-15H,1-2,6H2,3H3;1-2H3/b11-8+,16-9+;. The van der Waals surface area contributed by atoms with Gasteiger partial charge in [0.25, 0.3) is 0 Å². The Labute approximate surface area is 150 Å². The van der Waals surface area contributed by atoms with Gasteiger partial charge in [-0.3, -0.25) is 0 Å². The van der Waals surface area contributed by atoms with Gasteiger partial charge in [-0.2, -0.15) is 0 Å². The van der Waals surface area contributed by atoms with E-state index in [2.05, 4.69) is 47.8 Å². The van der Waals surface area contributed by atoms with Crippen molar-refractivity contribution in [3.8, 4) is 11.8 Å². The van der Waals surface area contributed by atoms with Gasteiger partial charge in [-0.05, 0) is 36.4 Å². The van der Waals surface area contributed by atoms with Crippen molar-refractivity contribution >= 4 is 28.6 Å². The molecule has 0 aliphatic rings. The summed E-state index contributed by atoms with van der Waals surface area (Å²) in [5, 5.41) is 1.90. The highest BCUT2D eigenvalue weighted by atomic mass is 35.5. The SMILES string of the molecule is C=C/C=C(/C#CC/C=C/c1cc2cc(Cl)ccc2n1C)C=C.CC. The third-order valence-electron chi connectivity index (χ3n) is 3.30. The Balaban J connectivity index is 0.00000139. The van der Waals surface area contributed by atoms with E-state index in [0.29, 0.717) is 6.42 Å². The molecule has 0 radical (unpaired) electrons. The quantitative estimate of drug-likeness (QED) is 0.439. The van der Waals surface area contributed by atoms with E-state index in [1.807, 2.05) is 45.2 Å². The van der Waals surface area contributed by atoms with Crippen molar-refractivity contribution in [2.75, 3.05) is 0 Å². The zero-order valence-electron chi connectivity index (χ0n) is 14.6. The molecule has 0 aliphatic carbocycles. The van der Waals surface area contributed by atoms with Crippen molar-refractivity contribution in [2.24, 2.45) is 7.05 Å². The van der Waals surface area contributed by atoms with Crippen molar-refractivity contribution in [3.05, 3.63) is 78.0 Å². The Hall–Kier alpha value is -2.43. The predicted octanol–water partition coefficient (Wildman–Crippen LogP) is 6.56. The normalized spacial score (nSPS) is 10.8. The highest BCUT2D eigenvalue weighted by molar-refractivity contribution is 6.31. The van der Waals surface area contributed by atoms with Crippen LogP contribution in [0.5, 0.6) is 0 Å². The Kier molecular flexibility index (Phi) is 8.47. The molecule has 1 aromatic carbocycles. The van der Waals surface area contributed by atoms with Crippen LogP contribution in [0.2, 0.25) is 5.02 Å². The number of rotatable bonds is 4. The molecular weight excluding hydrogens is 314 g/mol. The lowest BCUT2D eigenvalue weighted by Crippen LogP contribution is -1.89. The summed E-state index contributed by atoms with van der Waals surface area (Å²) in [5.41, 5.74) is 3.17. The first-order valence-electron chi connectivity index (χ1n) is 8.01. The van der Waals surface area contributed by atoms with Crippen LogP contribution in [0.3, 0.4) is 0 Å². The van der Waals surface area contributed by atoms with E-state index in [9.17, 15) is 0 Å². The Morgan fingerprint density at radius 3 is 2.67 bits per heavy atom. The van der Waals surface area contributed by atoms with Gasteiger partial charge in [-0.15, -0.1) is 0 Å². The van der Waals surface area contributed by atoms with Gasteiger partial charge in [0, 0.05) is 40.7 Å². The Morgan fingerprint density at radius 2 is 2.00 bits per heavy atom. The fraction of sp³-hybridized carbons (Fsp3) is 0.182. The predicted molar refractivity (Wildman–Crippen MR) is 109 cm³/mol. The number of halogens is 1. The molecule has 0 saturated carbocycles. The van der Waals surface area contributed by atoms with Crippen LogP contribution >= 0.6 is 11.6 Å². The maximum absolute atomic E-state index is 6.03. The minimum absolute atomic E-state index is 0.685. The van der Waals surface area contributed by atoms with E-state index in [0.717, 1.165) is 27.2 Å². The summed E-state index contributed by atoms with van der Waals surface area (Å²) >= 11 is 6.03. The van der Waals surface area contributed by atoms with Crippen molar-refractivity contribution in [1.82, 2.24) is 4.57 Å². The number of benzene rings is 1. The van der Waals surface area contributed by atoms with E-state index < -0.39 is 0 Å². The summed E-state index contributed by atoms with van der Waals surface area (Å²) in [6, 6.07) is 8.04. The van der Waals surface area contributed by atoms with Gasteiger partial charge in [0.15, 0.2) is 0 Å². The van der Waals surface area contributed by atoms with Gasteiger partial charge in [-0.25, -0.2) is 0 Å². The number of fused-ring (bicyclic) bond motifs is 1. The van der Waals surface area contributed by atoms with Gasteiger partial charge >= 0.3 is 0 Å². The third kappa shape index (κ3) is 5.33. The zero-order valence-corrected chi connectivity index (χ0v) is 15.4. The Bertz CT molecular complexity index is 823. The molecule has 1 heterocycles. The summed E-state index contributed by atoms with van der Waals surface area (Å²) in [5.74, 6) is 6.15. The molecule has 0 saturated heterocycles. The van der Waals surface area contributed by atoms with Crippen LogP contribution in [0, 0.1) is 11.8 Å². The van der Waals surface area contributed by atoms with E-state index in [-0.39, 0.29) is 0 Å². The van der Waals surface area contributed by atoms with Crippen LogP contribution in [-0.2, 0) is 7.05 Å². The second kappa shape index (κ2) is 10.4. The summed E-state index contributed by atoms with van der Waals surface area (Å²) in [6.07, 6.45) is 10.1. The lowest BCUT2D eigenvalue weighted by molar-refractivity contribution is 0.954. The van der Waals surface area contributed by atoms with Crippen molar-refractivity contribution < 1.29 is 0 Å². The van der Waals surface area contributed by atoms with Gasteiger partial charge < -0.3 is 4.57 Å². The first kappa shape index (κ1) is 19.6. The molecular formula is C22H24ClN. The molecule has 24 heavy (non-hydrogen) atoms. The lowest BCUT2D eigenvalue weighted by atomic mass is 10.2. The van der Waals surface area contributed by atoms with Crippen LogP contribution in [0.1, 0.15) is 26.0 Å². The van der Waals surface area contributed by atoms with Gasteiger partial charge in [0.2, 0.25) is 0 Å². The molecule has 1 nitrogen and oxygen atoms in total. The van der Waals surface area contributed by atoms with Crippen LogP contribution in [0.4, 0.5) is 0 Å². The summed E-state index contributed by atoms with van der Waals surface area (Å²) in [4.78, 5) is 0. The molecule has 0 aliphatic heterocycles. The fourth-order valence-corrected chi connectivity index (χ4v) is 2.36. The molecule has 0 amide bonds. The maximum atomic E-state index is 6.03. The number of aryl methyl sites for hydroxylation is 1. The molecule has 0 N–H and O–H groups in total. The molecule has 0 atom stereocenters. The smallest absolute Gasteiger partial charge is 0.0483 e. The number of hydrogen-bond donors (Lipinski definition) is 0. The lowest BCUT2D eigenvalue weighted by Gasteiger charge is -1.98. The molecule has 2 rings (SSSR count). The first-order valence-corrected chi connectivity index (χ1v) is 8.39. The molecule has 124 valence electrons. The monoisotopic (exact) mass is 337 g/mol. The van der Waals surface area contributed by atoms with Gasteiger partial charge in [0.1, 0.15) is 0 Å². The van der Waals surface area contributed by atoms with Crippen LogP contribution in [-0.4, -0.2) is 4.57 Å². The van der Waals surface area contributed by atoms with Gasteiger partial charge in [-0.1, -0.05) is 68.7 Å². The summed E-state index contributed by atoms with van der Waals surface area (Å²) in [6.45, 7) is 11.4. The van der Waals surface area contributed by atoms with Crippen molar-refractivity contribution in [1.29, 1.82) is 0 Å². The van der Waals surface area contributed by atoms with Crippen molar-refractivity contribution in [2.45, 2.75) is 20.3 Å². The highest BCUT2D eigenvalue weighted by Gasteiger charge is 2.03. The Morgan fingerprint density at radius 1 is 1.25 bits per heavy atom. The van der Waals surface area contributed by atoms with E-state index in [1.165, 1.54) is 0 Å². The largest absolute Gasteiger partial charge is 0.344 e. The van der Waals surface area contributed by atoms with E-state index in [4.69, 9.17) is 11.6 Å². The number of allylic oxidation sites excluding steroid dienone is 5. The molecule has 2 aromatic rings. The average Bonchev–Trinajstić information content (AvgIpc) is 2.90. The molecule has 0 unspecified atom stereocenters. The second-order valence-corrected chi connectivity index (χ2v) is 5.24. The topological polar surface area (TPSA) is 4.93 Å². The van der Waals surface area contributed by atoms with Crippen molar-refractivity contribution in [3.63, 3.8) is 0 Å². The maximum Gasteiger partial charge on any atom is 0.0483 e. The molecule has 1 aromatic heterocycles. The third-order valence-corrected chi connectivity index (χ3v) is 3.54. The zero-order chi connectivity index (χ0) is 17.9. The van der Waals surface area contributed by atoms with E-state index in [1.54, 1.807) is 12.2 Å². The van der Waals surface area contributed by atoms with E-state index >= 15 is 0 Å². The average molecular weight is 338 g/mol. The summed E-state index contributed by atoms with van der Waals surface area (Å²) < 4.78 is 2.14.